The highest BCUT2D eigenvalue weighted by Gasteiger charge is 2.17. The van der Waals surface area contributed by atoms with Crippen LogP contribution in [-0.4, -0.2) is 27.8 Å². The Hall–Kier alpha value is -2.90. The topological polar surface area (TPSA) is 99.3 Å². The normalized spacial score (nSPS) is 10.3. The maximum Gasteiger partial charge on any atom is 0.337 e. The number of carbonyl (C=O) groups excluding carboxylic acids is 1. The molecule has 22 heavy (non-hydrogen) atoms. The molecule has 0 fully saturated rings. The summed E-state index contributed by atoms with van der Waals surface area (Å²) in [5, 5.41) is 18.2. The molecule has 1 aromatic carbocycles. The summed E-state index contributed by atoms with van der Waals surface area (Å²) >= 11 is 0. The number of nitrogens with one attached hydrogen (secondary N) is 1. The van der Waals surface area contributed by atoms with Gasteiger partial charge in [-0.15, -0.1) is 0 Å². The maximum atomic E-state index is 11.5. The first-order valence-corrected chi connectivity index (χ1v) is 6.68. The van der Waals surface area contributed by atoms with E-state index in [0.29, 0.717) is 13.1 Å². The molecule has 0 amide bonds. The molecule has 0 spiro atoms. The lowest BCUT2D eigenvalue weighted by Crippen LogP contribution is -2.10. The van der Waals surface area contributed by atoms with Gasteiger partial charge in [-0.1, -0.05) is 0 Å². The lowest BCUT2D eigenvalue weighted by molar-refractivity contribution is -0.384. The molecule has 1 N–H and O–H groups in total. The van der Waals surface area contributed by atoms with Crippen molar-refractivity contribution in [1.82, 2.24) is 9.78 Å². The average molecular weight is 304 g/mol. The summed E-state index contributed by atoms with van der Waals surface area (Å²) < 4.78 is 6.41. The summed E-state index contributed by atoms with van der Waals surface area (Å²) in [6, 6.07) is 5.89. The second-order valence-electron chi connectivity index (χ2n) is 4.47. The van der Waals surface area contributed by atoms with Gasteiger partial charge in [0.1, 0.15) is 5.69 Å². The molecule has 0 radical (unpaired) electrons. The maximum absolute atomic E-state index is 11.5. The standard InChI is InChI=1S/C14H16N4O4/c1-3-17-11(6-7-16-17)9-15-12-8-10(14(19)22-2)4-5-13(12)18(20)21/h4-8,15H,3,9H2,1-2H3. The summed E-state index contributed by atoms with van der Waals surface area (Å²) in [6.07, 6.45) is 1.67. The predicted molar refractivity (Wildman–Crippen MR) is 79.7 cm³/mol. The van der Waals surface area contributed by atoms with Crippen molar-refractivity contribution in [1.29, 1.82) is 0 Å². The third kappa shape index (κ3) is 3.22. The molecule has 2 rings (SSSR count). The Morgan fingerprint density at radius 1 is 1.45 bits per heavy atom. The van der Waals surface area contributed by atoms with E-state index in [-0.39, 0.29) is 16.9 Å². The highest BCUT2D eigenvalue weighted by atomic mass is 16.6. The molecule has 116 valence electrons. The minimum Gasteiger partial charge on any atom is -0.465 e. The van der Waals surface area contributed by atoms with Crippen molar-refractivity contribution in [3.63, 3.8) is 0 Å². The van der Waals surface area contributed by atoms with E-state index in [9.17, 15) is 14.9 Å². The van der Waals surface area contributed by atoms with Gasteiger partial charge in [-0.3, -0.25) is 14.8 Å². The van der Waals surface area contributed by atoms with E-state index in [0.717, 1.165) is 5.69 Å². The fourth-order valence-electron chi connectivity index (χ4n) is 2.06. The number of esters is 1. The van der Waals surface area contributed by atoms with Crippen molar-refractivity contribution in [3.8, 4) is 0 Å². The molecule has 1 aromatic heterocycles. The van der Waals surface area contributed by atoms with Gasteiger partial charge in [-0.05, 0) is 25.1 Å². The number of ether oxygens (including phenoxy) is 1. The summed E-state index contributed by atoms with van der Waals surface area (Å²) in [4.78, 5) is 22.1. The first-order valence-electron chi connectivity index (χ1n) is 6.68. The minimum atomic E-state index is -0.545. The van der Waals surface area contributed by atoms with E-state index in [1.165, 1.54) is 25.3 Å². The zero-order chi connectivity index (χ0) is 16.1. The van der Waals surface area contributed by atoms with Crippen molar-refractivity contribution in [2.75, 3.05) is 12.4 Å². The molecule has 0 aliphatic carbocycles. The Kier molecular flexibility index (Phi) is 4.72. The number of nitrogens with zero attached hydrogens (tertiary/aromatic N) is 3. The summed E-state index contributed by atoms with van der Waals surface area (Å²) in [5.41, 5.74) is 1.30. The second kappa shape index (κ2) is 6.70. The van der Waals surface area contributed by atoms with Crippen molar-refractivity contribution in [3.05, 3.63) is 51.8 Å². The Bertz CT molecular complexity index is 696. The van der Waals surface area contributed by atoms with Gasteiger partial charge in [-0.25, -0.2) is 4.79 Å². The van der Waals surface area contributed by atoms with Crippen LogP contribution in [0.4, 0.5) is 11.4 Å². The lowest BCUT2D eigenvalue weighted by Gasteiger charge is -2.09. The van der Waals surface area contributed by atoms with Crippen LogP contribution in [0.3, 0.4) is 0 Å². The first kappa shape index (κ1) is 15.5. The quantitative estimate of drug-likeness (QED) is 0.499. The van der Waals surface area contributed by atoms with Crippen molar-refractivity contribution in [2.45, 2.75) is 20.0 Å². The third-order valence-electron chi connectivity index (χ3n) is 3.18. The van der Waals surface area contributed by atoms with Gasteiger partial charge < -0.3 is 10.1 Å². The molecule has 0 bridgehead atoms. The minimum absolute atomic E-state index is 0.102. The van der Waals surface area contributed by atoms with Crippen molar-refractivity contribution < 1.29 is 14.5 Å². The van der Waals surface area contributed by atoms with Gasteiger partial charge in [0.05, 0.1) is 29.8 Å². The summed E-state index contributed by atoms with van der Waals surface area (Å²) in [5.74, 6) is -0.545. The van der Waals surface area contributed by atoms with Crippen LogP contribution in [0.15, 0.2) is 30.5 Å². The number of aromatic nitrogens is 2. The zero-order valence-corrected chi connectivity index (χ0v) is 12.3. The molecule has 8 nitrogen and oxygen atoms in total. The van der Waals surface area contributed by atoms with Crippen molar-refractivity contribution in [2.24, 2.45) is 0 Å². The molecular weight excluding hydrogens is 288 g/mol. The van der Waals surface area contributed by atoms with Gasteiger partial charge >= 0.3 is 5.97 Å². The van der Waals surface area contributed by atoms with Crippen LogP contribution in [-0.2, 0) is 17.8 Å². The van der Waals surface area contributed by atoms with Gasteiger partial charge in [0.25, 0.3) is 5.69 Å². The van der Waals surface area contributed by atoms with Gasteiger partial charge in [0, 0.05) is 18.8 Å². The van der Waals surface area contributed by atoms with Gasteiger partial charge in [-0.2, -0.15) is 5.10 Å². The van der Waals surface area contributed by atoms with E-state index in [2.05, 4.69) is 15.2 Å². The molecule has 0 atom stereocenters. The Morgan fingerprint density at radius 3 is 2.86 bits per heavy atom. The lowest BCUT2D eigenvalue weighted by atomic mass is 10.1. The van der Waals surface area contributed by atoms with Gasteiger partial charge in [0.15, 0.2) is 0 Å². The van der Waals surface area contributed by atoms with Crippen LogP contribution in [0, 0.1) is 10.1 Å². The van der Waals surface area contributed by atoms with Gasteiger partial charge in [0.2, 0.25) is 0 Å². The molecule has 1 heterocycles. The summed E-state index contributed by atoms with van der Waals surface area (Å²) in [6.45, 7) is 3.02. The summed E-state index contributed by atoms with van der Waals surface area (Å²) in [7, 11) is 1.26. The second-order valence-corrected chi connectivity index (χ2v) is 4.47. The molecule has 0 aliphatic heterocycles. The Balaban J connectivity index is 2.27. The first-order chi connectivity index (χ1) is 10.6. The molecule has 0 aliphatic rings. The van der Waals surface area contributed by atoms with E-state index in [1.54, 1.807) is 10.9 Å². The van der Waals surface area contributed by atoms with Crippen LogP contribution < -0.4 is 5.32 Å². The third-order valence-corrected chi connectivity index (χ3v) is 3.18. The highest BCUT2D eigenvalue weighted by Crippen LogP contribution is 2.26. The molecule has 0 unspecified atom stereocenters. The SMILES string of the molecule is CCn1nccc1CNc1cc(C(=O)OC)ccc1[N+](=O)[O-]. The fraction of sp³-hybridized carbons (Fsp3) is 0.286. The van der Waals surface area contributed by atoms with E-state index in [4.69, 9.17) is 0 Å². The molecule has 0 saturated carbocycles. The number of rotatable bonds is 6. The van der Waals surface area contributed by atoms with Crippen LogP contribution in [0.1, 0.15) is 23.0 Å². The predicted octanol–water partition coefficient (Wildman–Crippen LogP) is 2.21. The van der Waals surface area contributed by atoms with Crippen LogP contribution in [0.2, 0.25) is 0 Å². The number of nitro benzene ring substituents is 1. The monoisotopic (exact) mass is 304 g/mol. The molecule has 2 aromatic rings. The number of methoxy groups -OCH3 is 1. The van der Waals surface area contributed by atoms with Crippen LogP contribution in [0.25, 0.3) is 0 Å². The number of carbonyl (C=O) groups is 1. The molecule has 8 heteroatoms. The number of anilines is 1. The molecule has 0 saturated heterocycles. The van der Waals surface area contributed by atoms with Crippen molar-refractivity contribution >= 4 is 17.3 Å². The largest absolute Gasteiger partial charge is 0.465 e. The van der Waals surface area contributed by atoms with E-state index in [1.807, 2.05) is 13.0 Å². The fourth-order valence-corrected chi connectivity index (χ4v) is 2.06. The van der Waals surface area contributed by atoms with Crippen LogP contribution in [0.5, 0.6) is 0 Å². The average Bonchev–Trinajstić information content (AvgIpc) is 2.99. The highest BCUT2D eigenvalue weighted by molar-refractivity contribution is 5.91. The zero-order valence-electron chi connectivity index (χ0n) is 12.3. The van der Waals surface area contributed by atoms with E-state index < -0.39 is 10.9 Å². The Labute approximate surface area is 126 Å². The number of nitro groups is 1. The number of benzene rings is 1. The number of hydrogen-bond donors (Lipinski definition) is 1. The smallest absolute Gasteiger partial charge is 0.337 e. The molecular formula is C14H16N4O4. The number of aryl methyl sites for hydroxylation is 1. The Morgan fingerprint density at radius 2 is 2.23 bits per heavy atom. The van der Waals surface area contributed by atoms with E-state index >= 15 is 0 Å². The number of hydrogen-bond acceptors (Lipinski definition) is 6. The van der Waals surface area contributed by atoms with Crippen LogP contribution >= 0.6 is 0 Å².